The molecule has 0 unspecified atom stereocenters. The predicted octanol–water partition coefficient (Wildman–Crippen LogP) is 3.71. The van der Waals surface area contributed by atoms with Gasteiger partial charge in [-0.25, -0.2) is 15.0 Å². The first kappa shape index (κ1) is 16.5. The molecule has 0 saturated carbocycles. The van der Waals surface area contributed by atoms with Crippen molar-refractivity contribution in [3.8, 4) is 11.3 Å². The Morgan fingerprint density at radius 1 is 1.11 bits per heavy atom. The van der Waals surface area contributed by atoms with E-state index < -0.39 is 0 Å². The molecule has 7 heteroatoms. The topological polar surface area (TPSA) is 75.6 Å². The molecule has 1 aliphatic heterocycles. The Balaban J connectivity index is 1.52. The van der Waals surface area contributed by atoms with E-state index in [-0.39, 0.29) is 0 Å². The summed E-state index contributed by atoms with van der Waals surface area (Å²) in [6.45, 7) is 3.06. The zero-order chi connectivity index (χ0) is 18.1. The van der Waals surface area contributed by atoms with Crippen molar-refractivity contribution in [3.05, 3.63) is 42.2 Å². The molecule has 0 spiro atoms. The minimum Gasteiger partial charge on any atom is -0.368 e. The third kappa shape index (κ3) is 3.36. The molecule has 0 radical (unpaired) electrons. The van der Waals surface area contributed by atoms with Crippen LogP contribution in [0.1, 0.15) is 12.8 Å². The summed E-state index contributed by atoms with van der Waals surface area (Å²) in [7, 11) is 0. The van der Waals surface area contributed by atoms with Crippen LogP contribution in [0.5, 0.6) is 0 Å². The second kappa shape index (κ2) is 7.17. The Bertz CT molecular complexity index is 1090. The van der Waals surface area contributed by atoms with Crippen molar-refractivity contribution in [2.45, 2.75) is 12.8 Å². The third-order valence-corrected chi connectivity index (χ3v) is 5.85. The van der Waals surface area contributed by atoms with E-state index in [0.717, 1.165) is 53.3 Å². The fraction of sp³-hybridized carbons (Fsp3) is 0.300. The van der Waals surface area contributed by atoms with Crippen molar-refractivity contribution >= 4 is 38.4 Å². The van der Waals surface area contributed by atoms with E-state index in [0.29, 0.717) is 5.92 Å². The van der Waals surface area contributed by atoms with Crippen molar-refractivity contribution in [1.82, 2.24) is 25.3 Å². The quantitative estimate of drug-likeness (QED) is 0.565. The van der Waals surface area contributed by atoms with E-state index in [2.05, 4.69) is 43.8 Å². The number of pyridine rings is 1. The molecule has 136 valence electrons. The molecule has 3 aromatic heterocycles. The monoisotopic (exact) mass is 376 g/mol. The summed E-state index contributed by atoms with van der Waals surface area (Å²) in [5, 5.41) is 7.00. The van der Waals surface area contributed by atoms with Gasteiger partial charge in [0.05, 0.1) is 26.9 Å². The Hall–Kier alpha value is -2.64. The van der Waals surface area contributed by atoms with Crippen LogP contribution in [0, 0.1) is 5.92 Å². The van der Waals surface area contributed by atoms with Crippen LogP contribution >= 0.6 is 11.3 Å². The van der Waals surface area contributed by atoms with Crippen LogP contribution in [0.25, 0.3) is 32.5 Å². The summed E-state index contributed by atoms with van der Waals surface area (Å²) in [5.74, 6) is 1.42. The van der Waals surface area contributed by atoms with E-state index in [1.54, 1.807) is 23.7 Å². The lowest BCUT2D eigenvalue weighted by Crippen LogP contribution is -2.33. The second-order valence-electron chi connectivity index (χ2n) is 6.91. The molecule has 1 aliphatic rings. The lowest BCUT2D eigenvalue weighted by atomic mass is 10.00. The van der Waals surface area contributed by atoms with Crippen LogP contribution < -0.4 is 10.6 Å². The number of fused-ring (bicyclic) bond motifs is 2. The number of piperidine rings is 1. The van der Waals surface area contributed by atoms with E-state index in [9.17, 15) is 0 Å². The van der Waals surface area contributed by atoms with Crippen molar-refractivity contribution in [2.24, 2.45) is 5.92 Å². The number of hydrogen-bond acceptors (Lipinski definition) is 7. The van der Waals surface area contributed by atoms with Gasteiger partial charge in [0.1, 0.15) is 5.52 Å². The number of benzene rings is 1. The molecular weight excluding hydrogens is 356 g/mol. The summed E-state index contributed by atoms with van der Waals surface area (Å²) < 4.78 is 1.18. The SMILES string of the molecule is c1cnc2c(NC[C@H]3CCCNC3)nc(-c3ccc4scnc4c3)cc2n1. The summed E-state index contributed by atoms with van der Waals surface area (Å²) in [6.07, 6.45) is 5.92. The number of rotatable bonds is 4. The predicted molar refractivity (Wildman–Crippen MR) is 110 cm³/mol. The average Bonchev–Trinajstić information content (AvgIpc) is 3.20. The van der Waals surface area contributed by atoms with Gasteiger partial charge < -0.3 is 10.6 Å². The van der Waals surface area contributed by atoms with E-state index in [1.807, 2.05) is 11.6 Å². The van der Waals surface area contributed by atoms with Gasteiger partial charge in [-0.3, -0.25) is 4.98 Å². The van der Waals surface area contributed by atoms with Crippen LogP contribution in [0.3, 0.4) is 0 Å². The molecule has 1 aromatic carbocycles. The minimum atomic E-state index is 0.613. The van der Waals surface area contributed by atoms with Gasteiger partial charge in [-0.2, -0.15) is 0 Å². The highest BCUT2D eigenvalue weighted by molar-refractivity contribution is 7.16. The summed E-state index contributed by atoms with van der Waals surface area (Å²) in [4.78, 5) is 18.3. The van der Waals surface area contributed by atoms with E-state index in [4.69, 9.17) is 4.98 Å². The van der Waals surface area contributed by atoms with E-state index in [1.165, 1.54) is 17.5 Å². The molecule has 0 bridgehead atoms. The smallest absolute Gasteiger partial charge is 0.154 e. The highest BCUT2D eigenvalue weighted by atomic mass is 32.1. The first-order chi connectivity index (χ1) is 13.4. The summed E-state index contributed by atoms with van der Waals surface area (Å²) >= 11 is 1.65. The number of nitrogens with zero attached hydrogens (tertiary/aromatic N) is 4. The van der Waals surface area contributed by atoms with Gasteiger partial charge in [0, 0.05) is 24.5 Å². The molecule has 2 N–H and O–H groups in total. The second-order valence-corrected chi connectivity index (χ2v) is 7.79. The fourth-order valence-electron chi connectivity index (χ4n) is 3.60. The van der Waals surface area contributed by atoms with Gasteiger partial charge in [-0.05, 0) is 50.0 Å². The lowest BCUT2D eigenvalue weighted by molar-refractivity contribution is 0.392. The number of nitrogens with one attached hydrogen (secondary N) is 2. The zero-order valence-corrected chi connectivity index (χ0v) is 15.7. The number of thiazole rings is 1. The highest BCUT2D eigenvalue weighted by Gasteiger charge is 2.15. The first-order valence-electron chi connectivity index (χ1n) is 9.27. The number of aromatic nitrogens is 4. The van der Waals surface area contributed by atoms with Gasteiger partial charge in [0.15, 0.2) is 5.82 Å². The fourth-order valence-corrected chi connectivity index (χ4v) is 4.26. The number of anilines is 1. The van der Waals surface area contributed by atoms with Crippen LogP contribution in [-0.4, -0.2) is 39.6 Å². The van der Waals surface area contributed by atoms with Crippen molar-refractivity contribution < 1.29 is 0 Å². The molecule has 5 rings (SSSR count). The normalized spacial score (nSPS) is 17.4. The van der Waals surface area contributed by atoms with Crippen molar-refractivity contribution in [3.63, 3.8) is 0 Å². The Kier molecular flexibility index (Phi) is 4.39. The van der Waals surface area contributed by atoms with Crippen LogP contribution in [-0.2, 0) is 0 Å². The van der Waals surface area contributed by atoms with Crippen LogP contribution in [0.4, 0.5) is 5.82 Å². The molecule has 6 nitrogen and oxygen atoms in total. The molecule has 1 fully saturated rings. The minimum absolute atomic E-state index is 0.613. The molecule has 1 atom stereocenters. The molecule has 0 aliphatic carbocycles. The van der Waals surface area contributed by atoms with Crippen LogP contribution in [0.2, 0.25) is 0 Å². The maximum absolute atomic E-state index is 4.89. The maximum atomic E-state index is 4.89. The third-order valence-electron chi connectivity index (χ3n) is 5.04. The molecule has 0 amide bonds. The van der Waals surface area contributed by atoms with Gasteiger partial charge in [-0.1, -0.05) is 6.07 Å². The van der Waals surface area contributed by atoms with E-state index >= 15 is 0 Å². The van der Waals surface area contributed by atoms with Crippen LogP contribution in [0.15, 0.2) is 42.2 Å². The van der Waals surface area contributed by atoms with Gasteiger partial charge in [0.25, 0.3) is 0 Å². The Morgan fingerprint density at radius 2 is 2.07 bits per heavy atom. The van der Waals surface area contributed by atoms with Gasteiger partial charge >= 0.3 is 0 Å². The van der Waals surface area contributed by atoms with Gasteiger partial charge in [0.2, 0.25) is 0 Å². The molecule has 4 heterocycles. The summed E-state index contributed by atoms with van der Waals surface area (Å²) in [5.41, 5.74) is 6.48. The molecule has 4 aromatic rings. The standard InChI is InChI=1S/C20H20N6S/c1-2-13(10-21-5-1)11-24-20-19-17(22-6-7-23-19)9-15(26-20)14-3-4-18-16(8-14)25-12-27-18/h3-4,6-9,12-13,21H,1-2,5,10-11H2,(H,24,26)/t13-/m0/s1. The largest absolute Gasteiger partial charge is 0.368 e. The lowest BCUT2D eigenvalue weighted by Gasteiger charge is -2.23. The van der Waals surface area contributed by atoms with Gasteiger partial charge in [-0.15, -0.1) is 11.3 Å². The summed E-state index contributed by atoms with van der Waals surface area (Å²) in [6, 6.07) is 8.29. The Labute approximate surface area is 161 Å². The van der Waals surface area contributed by atoms with Crippen molar-refractivity contribution in [2.75, 3.05) is 25.0 Å². The van der Waals surface area contributed by atoms with Crippen molar-refractivity contribution in [1.29, 1.82) is 0 Å². The molecule has 27 heavy (non-hydrogen) atoms. The molecular formula is C20H20N6S. The zero-order valence-electron chi connectivity index (χ0n) is 14.9. The Morgan fingerprint density at radius 3 is 3.00 bits per heavy atom. The number of hydrogen-bond donors (Lipinski definition) is 2. The maximum Gasteiger partial charge on any atom is 0.154 e. The molecule has 1 saturated heterocycles. The first-order valence-corrected chi connectivity index (χ1v) is 10.1. The average molecular weight is 376 g/mol. The highest BCUT2D eigenvalue weighted by Crippen LogP contribution is 2.29.